The maximum Gasteiger partial charge on any atom is 0.341 e. The van der Waals surface area contributed by atoms with E-state index < -0.39 is 5.97 Å². The number of nitrogens with zero attached hydrogens (tertiary/aromatic N) is 1. The third kappa shape index (κ3) is 3.19. The van der Waals surface area contributed by atoms with Gasteiger partial charge >= 0.3 is 5.97 Å². The Morgan fingerprint density at radius 1 is 1.36 bits per heavy atom. The zero-order valence-corrected chi connectivity index (χ0v) is 12.1. The van der Waals surface area contributed by atoms with Gasteiger partial charge in [-0.15, -0.1) is 0 Å². The number of aliphatic carboxylic acids is 1. The van der Waals surface area contributed by atoms with E-state index in [0.717, 1.165) is 42.7 Å². The second-order valence-corrected chi connectivity index (χ2v) is 5.16. The fourth-order valence-corrected chi connectivity index (χ4v) is 2.75. The van der Waals surface area contributed by atoms with Gasteiger partial charge in [0.25, 0.3) is 0 Å². The quantitative estimate of drug-likeness (QED) is 0.887. The molecule has 3 rings (SSSR count). The lowest BCUT2D eigenvalue weighted by atomic mass is 9.88. The van der Waals surface area contributed by atoms with E-state index in [2.05, 4.69) is 17.1 Å². The summed E-state index contributed by atoms with van der Waals surface area (Å²) in [6.07, 6.45) is 8.85. The monoisotopic (exact) mass is 299 g/mol. The number of benzene rings is 1. The Labute approximate surface area is 128 Å². The topological polar surface area (TPSA) is 72.6 Å². The molecule has 2 aromatic rings. The van der Waals surface area contributed by atoms with Crippen molar-refractivity contribution in [2.75, 3.05) is 6.61 Å². The molecule has 0 atom stereocenters. The maximum absolute atomic E-state index is 10.7. The molecular formula is C17H17NO4. The summed E-state index contributed by atoms with van der Waals surface area (Å²) in [6.45, 7) is -0.314. The Bertz CT molecular complexity index is 689. The van der Waals surface area contributed by atoms with Gasteiger partial charge in [-0.1, -0.05) is 18.2 Å². The molecule has 5 nitrogen and oxygen atoms in total. The summed E-state index contributed by atoms with van der Waals surface area (Å²) in [4.78, 5) is 14.8. The van der Waals surface area contributed by atoms with Crippen LogP contribution in [-0.2, 0) is 17.6 Å². The Hall–Kier alpha value is -2.56. The van der Waals surface area contributed by atoms with E-state index in [4.69, 9.17) is 14.3 Å². The number of fused-ring (bicyclic) bond motifs is 1. The molecule has 0 fully saturated rings. The molecule has 0 unspecified atom stereocenters. The number of aryl methyl sites for hydroxylation is 1. The molecule has 0 radical (unpaired) electrons. The predicted octanol–water partition coefficient (Wildman–Crippen LogP) is 3.10. The first-order chi connectivity index (χ1) is 10.7. The molecule has 0 aliphatic heterocycles. The molecule has 0 spiro atoms. The van der Waals surface area contributed by atoms with Crippen LogP contribution in [0, 0.1) is 0 Å². The number of hydrogen-bond donors (Lipinski definition) is 1. The molecule has 1 N–H and O–H groups in total. The van der Waals surface area contributed by atoms with Crippen LogP contribution in [0.25, 0.3) is 5.57 Å². The summed E-state index contributed by atoms with van der Waals surface area (Å²) in [5, 5.41) is 8.77. The minimum absolute atomic E-state index is 0.314. The van der Waals surface area contributed by atoms with Gasteiger partial charge in [0.1, 0.15) is 12.0 Å². The van der Waals surface area contributed by atoms with Crippen LogP contribution >= 0.6 is 0 Å². The summed E-state index contributed by atoms with van der Waals surface area (Å²) in [6, 6.07) is 5.79. The van der Waals surface area contributed by atoms with E-state index in [1.807, 2.05) is 12.1 Å². The summed E-state index contributed by atoms with van der Waals surface area (Å²) >= 11 is 0. The van der Waals surface area contributed by atoms with Crippen LogP contribution in [0.1, 0.15) is 29.9 Å². The number of rotatable bonds is 6. The van der Waals surface area contributed by atoms with Gasteiger partial charge in [-0.05, 0) is 36.5 Å². The van der Waals surface area contributed by atoms with Gasteiger partial charge in [-0.25, -0.2) is 9.78 Å². The van der Waals surface area contributed by atoms with Crippen LogP contribution in [-0.4, -0.2) is 22.7 Å². The van der Waals surface area contributed by atoms with Gasteiger partial charge in [-0.2, -0.15) is 0 Å². The van der Waals surface area contributed by atoms with Crippen LogP contribution in [0.15, 0.2) is 41.2 Å². The largest absolute Gasteiger partial charge is 0.482 e. The Morgan fingerprint density at radius 2 is 2.27 bits per heavy atom. The van der Waals surface area contributed by atoms with Gasteiger partial charge in [0, 0.05) is 12.0 Å². The molecule has 1 aliphatic carbocycles. The molecule has 22 heavy (non-hydrogen) atoms. The number of carboxylic acid groups (broad SMARTS) is 1. The minimum Gasteiger partial charge on any atom is -0.482 e. The Morgan fingerprint density at radius 3 is 3.05 bits per heavy atom. The lowest BCUT2D eigenvalue weighted by Gasteiger charge is -2.20. The summed E-state index contributed by atoms with van der Waals surface area (Å²) < 4.78 is 10.7. The van der Waals surface area contributed by atoms with Crippen molar-refractivity contribution in [3.05, 3.63) is 53.8 Å². The number of oxazole rings is 1. The molecule has 0 amide bonds. The van der Waals surface area contributed by atoms with E-state index in [1.54, 1.807) is 12.5 Å². The molecule has 114 valence electrons. The first-order valence-corrected chi connectivity index (χ1v) is 7.28. The number of aromatic nitrogens is 1. The SMILES string of the molecule is O=C(O)COc1cccc2c1CCC=C2CCc1ncco1. The smallest absolute Gasteiger partial charge is 0.341 e. The summed E-state index contributed by atoms with van der Waals surface area (Å²) in [7, 11) is 0. The first kappa shape index (κ1) is 14.4. The van der Waals surface area contributed by atoms with E-state index in [9.17, 15) is 4.79 Å². The van der Waals surface area contributed by atoms with Crippen LogP contribution in [0.4, 0.5) is 0 Å². The number of carboxylic acids is 1. The van der Waals surface area contributed by atoms with Gasteiger partial charge in [0.2, 0.25) is 0 Å². The van der Waals surface area contributed by atoms with Crippen molar-refractivity contribution in [2.45, 2.75) is 25.7 Å². The van der Waals surface area contributed by atoms with Gasteiger partial charge < -0.3 is 14.3 Å². The molecule has 1 aromatic heterocycles. The van der Waals surface area contributed by atoms with Crippen molar-refractivity contribution in [3.63, 3.8) is 0 Å². The highest BCUT2D eigenvalue weighted by atomic mass is 16.5. The van der Waals surface area contributed by atoms with Crippen molar-refractivity contribution in [1.29, 1.82) is 0 Å². The van der Waals surface area contributed by atoms with Crippen LogP contribution in [0.2, 0.25) is 0 Å². The van der Waals surface area contributed by atoms with Crippen molar-refractivity contribution in [1.82, 2.24) is 4.98 Å². The fraction of sp³-hybridized carbons (Fsp3) is 0.294. The van der Waals surface area contributed by atoms with Crippen LogP contribution in [0.3, 0.4) is 0 Å². The zero-order valence-electron chi connectivity index (χ0n) is 12.1. The van der Waals surface area contributed by atoms with Crippen molar-refractivity contribution in [3.8, 4) is 5.75 Å². The average Bonchev–Trinajstić information content (AvgIpc) is 3.04. The van der Waals surface area contributed by atoms with Gasteiger partial charge in [0.15, 0.2) is 12.5 Å². The molecule has 0 saturated heterocycles. The third-order valence-electron chi connectivity index (χ3n) is 3.71. The highest BCUT2D eigenvalue weighted by Crippen LogP contribution is 2.35. The van der Waals surface area contributed by atoms with E-state index in [0.29, 0.717) is 5.75 Å². The Kier molecular flexibility index (Phi) is 4.23. The fourth-order valence-electron chi connectivity index (χ4n) is 2.75. The second kappa shape index (κ2) is 6.47. The Balaban J connectivity index is 1.77. The molecule has 1 aromatic carbocycles. The molecule has 1 aliphatic rings. The lowest BCUT2D eigenvalue weighted by molar-refractivity contribution is -0.139. The second-order valence-electron chi connectivity index (χ2n) is 5.16. The third-order valence-corrected chi connectivity index (χ3v) is 3.71. The van der Waals surface area contributed by atoms with Gasteiger partial charge in [0.05, 0.1) is 6.20 Å². The maximum atomic E-state index is 10.7. The molecular weight excluding hydrogens is 282 g/mol. The predicted molar refractivity (Wildman–Crippen MR) is 80.7 cm³/mol. The average molecular weight is 299 g/mol. The van der Waals surface area contributed by atoms with Crippen LogP contribution < -0.4 is 4.74 Å². The van der Waals surface area contributed by atoms with Crippen molar-refractivity contribution in [2.24, 2.45) is 0 Å². The van der Waals surface area contributed by atoms with E-state index >= 15 is 0 Å². The molecule has 0 saturated carbocycles. The summed E-state index contributed by atoms with van der Waals surface area (Å²) in [5.41, 5.74) is 3.47. The standard InChI is InChI=1S/C17H17NO4/c19-17(20)11-22-15-6-2-4-13-12(3-1-5-14(13)15)7-8-16-18-9-10-21-16/h2-4,6,9-10H,1,5,7-8,11H2,(H,19,20). The van der Waals surface area contributed by atoms with Crippen molar-refractivity contribution < 1.29 is 19.1 Å². The van der Waals surface area contributed by atoms with E-state index in [-0.39, 0.29) is 6.61 Å². The minimum atomic E-state index is -0.965. The normalized spacial score (nSPS) is 13.4. The number of hydrogen-bond acceptors (Lipinski definition) is 4. The molecule has 1 heterocycles. The lowest BCUT2D eigenvalue weighted by Crippen LogP contribution is -2.12. The summed E-state index contributed by atoms with van der Waals surface area (Å²) in [5.74, 6) is 0.431. The number of allylic oxidation sites excluding steroid dienone is 2. The van der Waals surface area contributed by atoms with E-state index in [1.165, 1.54) is 5.57 Å². The number of carbonyl (C=O) groups is 1. The number of ether oxygens (including phenoxy) is 1. The zero-order chi connectivity index (χ0) is 15.4. The van der Waals surface area contributed by atoms with Crippen molar-refractivity contribution >= 4 is 11.5 Å². The molecule has 5 heteroatoms. The van der Waals surface area contributed by atoms with Crippen LogP contribution in [0.5, 0.6) is 5.75 Å². The highest BCUT2D eigenvalue weighted by molar-refractivity contribution is 5.73. The highest BCUT2D eigenvalue weighted by Gasteiger charge is 2.17. The molecule has 0 bridgehead atoms. The van der Waals surface area contributed by atoms with Gasteiger partial charge in [-0.3, -0.25) is 0 Å². The first-order valence-electron chi connectivity index (χ1n) is 7.28.